The number of halogens is 2. The maximum Gasteiger partial charge on any atom is 0.123 e. The summed E-state index contributed by atoms with van der Waals surface area (Å²) < 4.78 is 15.0. The Morgan fingerprint density at radius 1 is 1.11 bits per heavy atom. The van der Waals surface area contributed by atoms with Crippen LogP contribution in [0, 0.1) is 5.82 Å². The average Bonchev–Trinajstić information content (AvgIpc) is 2.84. The number of rotatable bonds is 2. The van der Waals surface area contributed by atoms with Gasteiger partial charge in [-0.05, 0) is 50.5 Å². The van der Waals surface area contributed by atoms with Gasteiger partial charge in [0.25, 0.3) is 0 Å². The van der Waals surface area contributed by atoms with Crippen LogP contribution in [0.5, 0.6) is 0 Å². The largest absolute Gasteiger partial charge is 0.384 e. The molecule has 2 aromatic carbocycles. The molecule has 0 amide bonds. The summed E-state index contributed by atoms with van der Waals surface area (Å²) in [6.45, 7) is 0. The molecule has 0 radical (unpaired) electrons. The second-order valence-corrected chi connectivity index (χ2v) is 6.00. The van der Waals surface area contributed by atoms with Gasteiger partial charge in [0, 0.05) is 14.7 Å². The van der Waals surface area contributed by atoms with E-state index in [0.717, 1.165) is 20.1 Å². The van der Waals surface area contributed by atoms with Gasteiger partial charge in [-0.1, -0.05) is 24.3 Å². The van der Waals surface area contributed by atoms with Crippen molar-refractivity contribution < 1.29 is 9.50 Å². The van der Waals surface area contributed by atoms with Crippen LogP contribution in [0.1, 0.15) is 17.2 Å². The minimum Gasteiger partial charge on any atom is -0.384 e. The number of aliphatic hydroxyl groups is 1. The zero-order valence-corrected chi connectivity index (χ0v) is 12.2. The van der Waals surface area contributed by atoms with Crippen molar-refractivity contribution in [2.75, 3.05) is 0 Å². The lowest BCUT2D eigenvalue weighted by atomic mass is 10.0. The SMILES string of the molecule is OC(c1ccc(F)cc1)c1csc2c(Br)cccc12. The molecule has 1 heterocycles. The van der Waals surface area contributed by atoms with E-state index in [0.29, 0.717) is 5.56 Å². The molecule has 4 heteroatoms. The minimum absolute atomic E-state index is 0.297. The molecule has 1 unspecified atom stereocenters. The third-order valence-corrected chi connectivity index (χ3v) is 5.03. The van der Waals surface area contributed by atoms with E-state index < -0.39 is 6.10 Å². The smallest absolute Gasteiger partial charge is 0.123 e. The van der Waals surface area contributed by atoms with Crippen LogP contribution >= 0.6 is 27.3 Å². The summed E-state index contributed by atoms with van der Waals surface area (Å²) in [6.07, 6.45) is -0.733. The first-order valence-electron chi connectivity index (χ1n) is 5.76. The van der Waals surface area contributed by atoms with E-state index in [-0.39, 0.29) is 5.82 Å². The molecule has 0 aliphatic rings. The van der Waals surface area contributed by atoms with Crippen LogP contribution in [0.15, 0.2) is 52.3 Å². The van der Waals surface area contributed by atoms with Crippen molar-refractivity contribution in [2.24, 2.45) is 0 Å². The van der Waals surface area contributed by atoms with E-state index >= 15 is 0 Å². The van der Waals surface area contributed by atoms with Gasteiger partial charge in [0.2, 0.25) is 0 Å². The molecule has 3 aromatic rings. The van der Waals surface area contributed by atoms with Crippen LogP contribution in [0.25, 0.3) is 10.1 Å². The lowest BCUT2D eigenvalue weighted by Crippen LogP contribution is -1.98. The molecule has 0 aliphatic carbocycles. The molecule has 0 fully saturated rings. The van der Waals surface area contributed by atoms with Gasteiger partial charge in [-0.15, -0.1) is 11.3 Å². The highest BCUT2D eigenvalue weighted by Crippen LogP contribution is 2.37. The van der Waals surface area contributed by atoms with Gasteiger partial charge in [0.05, 0.1) is 0 Å². The van der Waals surface area contributed by atoms with Crippen molar-refractivity contribution in [3.63, 3.8) is 0 Å². The van der Waals surface area contributed by atoms with E-state index in [4.69, 9.17) is 0 Å². The molecular weight excluding hydrogens is 327 g/mol. The summed E-state index contributed by atoms with van der Waals surface area (Å²) in [4.78, 5) is 0. The van der Waals surface area contributed by atoms with Gasteiger partial charge in [-0.3, -0.25) is 0 Å². The number of hydrogen-bond acceptors (Lipinski definition) is 2. The van der Waals surface area contributed by atoms with Crippen molar-refractivity contribution in [2.45, 2.75) is 6.10 Å². The Bertz CT molecular complexity index is 721. The summed E-state index contributed by atoms with van der Waals surface area (Å²) >= 11 is 5.09. The monoisotopic (exact) mass is 336 g/mol. The molecule has 0 saturated carbocycles. The molecular formula is C15H10BrFOS. The van der Waals surface area contributed by atoms with Gasteiger partial charge in [0.15, 0.2) is 0 Å². The number of benzene rings is 2. The van der Waals surface area contributed by atoms with E-state index in [9.17, 15) is 9.50 Å². The number of hydrogen-bond donors (Lipinski definition) is 1. The van der Waals surface area contributed by atoms with Crippen molar-refractivity contribution in [1.29, 1.82) is 0 Å². The minimum atomic E-state index is -0.733. The Morgan fingerprint density at radius 2 is 1.84 bits per heavy atom. The Kier molecular flexibility index (Phi) is 3.39. The van der Waals surface area contributed by atoms with E-state index in [1.54, 1.807) is 23.5 Å². The standard InChI is InChI=1S/C15H10BrFOS/c16-13-3-1-2-11-12(8-19-15(11)13)14(18)9-4-6-10(17)7-5-9/h1-8,14,18H. The maximum absolute atomic E-state index is 12.9. The molecule has 0 bridgehead atoms. The van der Waals surface area contributed by atoms with Gasteiger partial charge in [0.1, 0.15) is 11.9 Å². The fourth-order valence-electron chi connectivity index (χ4n) is 2.08. The van der Waals surface area contributed by atoms with Crippen molar-refractivity contribution >= 4 is 37.4 Å². The van der Waals surface area contributed by atoms with Gasteiger partial charge >= 0.3 is 0 Å². The fourth-order valence-corrected chi connectivity index (χ4v) is 3.72. The average molecular weight is 337 g/mol. The Morgan fingerprint density at radius 3 is 2.58 bits per heavy atom. The fraction of sp³-hybridized carbons (Fsp3) is 0.0667. The molecule has 0 spiro atoms. The topological polar surface area (TPSA) is 20.2 Å². The van der Waals surface area contributed by atoms with E-state index in [1.165, 1.54) is 12.1 Å². The summed E-state index contributed by atoms with van der Waals surface area (Å²) in [6, 6.07) is 11.9. The van der Waals surface area contributed by atoms with Gasteiger partial charge < -0.3 is 5.11 Å². The Labute approximate surface area is 122 Å². The van der Waals surface area contributed by atoms with E-state index in [1.807, 2.05) is 23.6 Å². The van der Waals surface area contributed by atoms with Crippen LogP contribution < -0.4 is 0 Å². The molecule has 0 aliphatic heterocycles. The molecule has 19 heavy (non-hydrogen) atoms. The number of aliphatic hydroxyl groups excluding tert-OH is 1. The molecule has 1 aromatic heterocycles. The third kappa shape index (κ3) is 2.31. The maximum atomic E-state index is 12.9. The normalized spacial score (nSPS) is 12.8. The molecule has 1 atom stereocenters. The first kappa shape index (κ1) is 12.8. The predicted octanol–water partition coefficient (Wildman–Crippen LogP) is 4.88. The second kappa shape index (κ2) is 5.04. The van der Waals surface area contributed by atoms with Crippen molar-refractivity contribution in [3.8, 4) is 0 Å². The molecule has 1 nitrogen and oxygen atoms in total. The number of fused-ring (bicyclic) bond motifs is 1. The molecule has 0 saturated heterocycles. The highest BCUT2D eigenvalue weighted by molar-refractivity contribution is 9.10. The molecule has 3 rings (SSSR count). The highest BCUT2D eigenvalue weighted by Gasteiger charge is 2.16. The zero-order chi connectivity index (χ0) is 13.4. The summed E-state index contributed by atoms with van der Waals surface area (Å²) in [5.41, 5.74) is 1.55. The summed E-state index contributed by atoms with van der Waals surface area (Å²) in [5, 5.41) is 13.4. The van der Waals surface area contributed by atoms with E-state index in [2.05, 4.69) is 15.9 Å². The number of thiophene rings is 1. The van der Waals surface area contributed by atoms with Gasteiger partial charge in [-0.25, -0.2) is 4.39 Å². The highest BCUT2D eigenvalue weighted by atomic mass is 79.9. The quantitative estimate of drug-likeness (QED) is 0.706. The Hall–Kier alpha value is -1.23. The van der Waals surface area contributed by atoms with Crippen LogP contribution in [-0.2, 0) is 0 Å². The predicted molar refractivity (Wildman–Crippen MR) is 80.0 cm³/mol. The van der Waals surface area contributed by atoms with Crippen LogP contribution in [0.3, 0.4) is 0 Å². The first-order chi connectivity index (χ1) is 9.16. The van der Waals surface area contributed by atoms with Crippen LogP contribution in [-0.4, -0.2) is 5.11 Å². The lowest BCUT2D eigenvalue weighted by Gasteiger charge is -2.10. The third-order valence-electron chi connectivity index (χ3n) is 3.06. The Balaban J connectivity index is 2.09. The second-order valence-electron chi connectivity index (χ2n) is 4.26. The zero-order valence-electron chi connectivity index (χ0n) is 9.81. The lowest BCUT2D eigenvalue weighted by molar-refractivity contribution is 0.222. The van der Waals surface area contributed by atoms with Gasteiger partial charge in [-0.2, -0.15) is 0 Å². The molecule has 96 valence electrons. The van der Waals surface area contributed by atoms with Crippen molar-refractivity contribution in [1.82, 2.24) is 0 Å². The van der Waals surface area contributed by atoms with Crippen LogP contribution in [0.2, 0.25) is 0 Å². The van der Waals surface area contributed by atoms with Crippen LogP contribution in [0.4, 0.5) is 4.39 Å². The molecule has 1 N–H and O–H groups in total. The summed E-state index contributed by atoms with van der Waals surface area (Å²) in [7, 11) is 0. The van der Waals surface area contributed by atoms with Crippen molar-refractivity contribution in [3.05, 3.63) is 69.3 Å². The first-order valence-corrected chi connectivity index (χ1v) is 7.43. The summed E-state index contributed by atoms with van der Waals surface area (Å²) in [5.74, 6) is -0.297.